The van der Waals surface area contributed by atoms with E-state index in [1.165, 1.54) is 35.0 Å². The number of hydrogen-bond acceptors (Lipinski definition) is 5. The molecule has 1 aromatic heterocycles. The zero-order valence-electron chi connectivity index (χ0n) is 18.0. The predicted octanol–water partition coefficient (Wildman–Crippen LogP) is 4.53. The van der Waals surface area contributed by atoms with Gasteiger partial charge in [0, 0.05) is 24.4 Å². The molecule has 1 heterocycles. The van der Waals surface area contributed by atoms with Crippen LogP contribution in [0.3, 0.4) is 0 Å². The lowest BCUT2D eigenvalue weighted by molar-refractivity contribution is 0.580. The molecular weight excluding hydrogens is 459 g/mol. The number of thioether (sulfide) groups is 1. The minimum atomic E-state index is -3.62. The zero-order chi connectivity index (χ0) is 23.3. The maximum absolute atomic E-state index is 13.5. The molecule has 33 heavy (non-hydrogen) atoms. The van der Waals surface area contributed by atoms with Gasteiger partial charge in [-0.25, -0.2) is 17.5 Å². The molecule has 0 bridgehead atoms. The first-order valence-corrected chi connectivity index (χ1v) is 12.8. The van der Waals surface area contributed by atoms with Crippen LogP contribution in [0.1, 0.15) is 17.0 Å². The molecule has 9 heteroatoms. The minimum Gasteiger partial charge on any atom is -0.274 e. The number of nitrogens with one attached hydrogen (secondary N) is 1. The molecule has 0 aliphatic carbocycles. The summed E-state index contributed by atoms with van der Waals surface area (Å²) < 4.78 is 43.0. The van der Waals surface area contributed by atoms with Crippen molar-refractivity contribution in [1.82, 2.24) is 19.5 Å². The van der Waals surface area contributed by atoms with Crippen molar-refractivity contribution in [2.45, 2.75) is 29.1 Å². The number of hydrogen-bond donors (Lipinski definition) is 1. The van der Waals surface area contributed by atoms with Gasteiger partial charge in [-0.3, -0.25) is 4.57 Å². The number of sulfonamides is 1. The van der Waals surface area contributed by atoms with Gasteiger partial charge in [-0.2, -0.15) is 0 Å². The summed E-state index contributed by atoms with van der Waals surface area (Å²) in [5, 5.41) is 9.30. The summed E-state index contributed by atoms with van der Waals surface area (Å²) in [5.74, 6) is 0.954. The van der Waals surface area contributed by atoms with Crippen molar-refractivity contribution in [2.24, 2.45) is 0 Å². The maximum atomic E-state index is 13.5. The summed E-state index contributed by atoms with van der Waals surface area (Å²) in [6, 6.07) is 22.4. The second-order valence-corrected chi connectivity index (χ2v) is 10.1. The van der Waals surface area contributed by atoms with Crippen LogP contribution in [0.2, 0.25) is 0 Å². The van der Waals surface area contributed by atoms with E-state index in [1.54, 1.807) is 42.5 Å². The molecule has 0 radical (unpaired) electrons. The average Bonchev–Trinajstić information content (AvgIpc) is 3.22. The van der Waals surface area contributed by atoms with Crippen molar-refractivity contribution in [3.8, 4) is 5.69 Å². The van der Waals surface area contributed by atoms with Gasteiger partial charge >= 0.3 is 0 Å². The molecule has 0 amide bonds. The van der Waals surface area contributed by atoms with E-state index in [2.05, 4.69) is 34.0 Å². The van der Waals surface area contributed by atoms with Crippen molar-refractivity contribution >= 4 is 21.8 Å². The van der Waals surface area contributed by atoms with E-state index in [4.69, 9.17) is 0 Å². The normalized spacial score (nSPS) is 11.6. The summed E-state index contributed by atoms with van der Waals surface area (Å²) in [4.78, 5) is 0.208. The molecule has 0 aliphatic rings. The molecule has 0 spiro atoms. The maximum Gasteiger partial charge on any atom is 0.240 e. The first-order chi connectivity index (χ1) is 15.9. The molecule has 4 rings (SSSR count). The molecule has 4 aromatic rings. The van der Waals surface area contributed by atoms with E-state index >= 15 is 0 Å². The molecule has 0 fully saturated rings. The molecule has 0 saturated carbocycles. The number of halogens is 1. The third-order valence-electron chi connectivity index (χ3n) is 5.10. The average molecular weight is 483 g/mol. The SMILES string of the molecule is Cc1ccccc1CSc1nnc(CCNS(=O)(=O)c2ccccc2)n1-c1ccc(F)cc1. The Morgan fingerprint density at radius 3 is 2.36 bits per heavy atom. The van der Waals surface area contributed by atoms with Crippen LogP contribution in [0.4, 0.5) is 4.39 Å². The second kappa shape index (κ2) is 10.3. The molecule has 0 unspecified atom stereocenters. The van der Waals surface area contributed by atoms with E-state index in [1.807, 2.05) is 16.7 Å². The highest BCUT2D eigenvalue weighted by Gasteiger charge is 2.17. The molecular formula is C24H23FN4O2S2. The fraction of sp³-hybridized carbons (Fsp3) is 0.167. The molecule has 3 aromatic carbocycles. The van der Waals surface area contributed by atoms with Gasteiger partial charge in [0.25, 0.3) is 0 Å². The topological polar surface area (TPSA) is 76.9 Å². The number of nitrogens with zero attached hydrogens (tertiary/aromatic N) is 3. The monoisotopic (exact) mass is 482 g/mol. The number of rotatable bonds is 9. The first kappa shape index (κ1) is 23.2. The van der Waals surface area contributed by atoms with Gasteiger partial charge in [0.2, 0.25) is 10.0 Å². The van der Waals surface area contributed by atoms with E-state index in [0.29, 0.717) is 23.2 Å². The second-order valence-electron chi connectivity index (χ2n) is 7.39. The number of aryl methyl sites for hydroxylation is 1. The van der Waals surface area contributed by atoms with Crippen LogP contribution in [-0.4, -0.2) is 29.7 Å². The number of benzene rings is 3. The fourth-order valence-corrected chi connectivity index (χ4v) is 5.40. The van der Waals surface area contributed by atoms with Crippen molar-refractivity contribution in [3.63, 3.8) is 0 Å². The Morgan fingerprint density at radius 2 is 1.64 bits per heavy atom. The molecule has 0 aliphatic heterocycles. The first-order valence-electron chi connectivity index (χ1n) is 10.4. The molecule has 1 N–H and O–H groups in total. The summed E-state index contributed by atoms with van der Waals surface area (Å²) >= 11 is 1.53. The Balaban J connectivity index is 1.54. The Morgan fingerprint density at radius 1 is 0.939 bits per heavy atom. The van der Waals surface area contributed by atoms with E-state index in [-0.39, 0.29) is 17.3 Å². The van der Waals surface area contributed by atoms with Gasteiger partial charge in [0.05, 0.1) is 4.90 Å². The quantitative estimate of drug-likeness (QED) is 0.355. The Hall–Kier alpha value is -3.01. The van der Waals surface area contributed by atoms with Gasteiger partial charge < -0.3 is 0 Å². The van der Waals surface area contributed by atoms with E-state index < -0.39 is 10.0 Å². The smallest absolute Gasteiger partial charge is 0.240 e. The lowest BCUT2D eigenvalue weighted by atomic mass is 10.1. The third-order valence-corrected chi connectivity index (χ3v) is 7.55. The van der Waals surface area contributed by atoms with Gasteiger partial charge in [-0.05, 0) is 54.4 Å². The Kier molecular flexibility index (Phi) is 7.22. The summed E-state index contributed by atoms with van der Waals surface area (Å²) in [5.41, 5.74) is 3.09. The van der Waals surface area contributed by atoms with Gasteiger partial charge in [-0.15, -0.1) is 10.2 Å². The Labute approximate surface area is 196 Å². The van der Waals surface area contributed by atoms with Crippen LogP contribution < -0.4 is 4.72 Å². The van der Waals surface area contributed by atoms with Crippen LogP contribution in [0.5, 0.6) is 0 Å². The Bertz CT molecular complexity index is 1320. The van der Waals surface area contributed by atoms with E-state index in [9.17, 15) is 12.8 Å². The highest BCUT2D eigenvalue weighted by Crippen LogP contribution is 2.26. The van der Waals surface area contributed by atoms with Gasteiger partial charge in [0.15, 0.2) is 5.16 Å². The van der Waals surface area contributed by atoms with Crippen molar-refractivity contribution in [2.75, 3.05) is 6.54 Å². The van der Waals surface area contributed by atoms with Gasteiger partial charge in [0.1, 0.15) is 11.6 Å². The summed E-state index contributed by atoms with van der Waals surface area (Å²) in [7, 11) is -3.62. The van der Waals surface area contributed by atoms with Crippen molar-refractivity contribution in [1.29, 1.82) is 0 Å². The minimum absolute atomic E-state index is 0.152. The van der Waals surface area contributed by atoms with Crippen LogP contribution in [0, 0.1) is 12.7 Å². The largest absolute Gasteiger partial charge is 0.274 e. The molecule has 6 nitrogen and oxygen atoms in total. The highest BCUT2D eigenvalue weighted by molar-refractivity contribution is 7.98. The summed E-state index contributed by atoms with van der Waals surface area (Å²) in [6.07, 6.45) is 0.321. The molecule has 170 valence electrons. The number of aromatic nitrogens is 3. The summed E-state index contributed by atoms with van der Waals surface area (Å²) in [6.45, 7) is 2.21. The van der Waals surface area contributed by atoms with Gasteiger partial charge in [-0.1, -0.05) is 54.2 Å². The van der Waals surface area contributed by atoms with Crippen LogP contribution in [-0.2, 0) is 22.2 Å². The lowest BCUT2D eigenvalue weighted by Crippen LogP contribution is -2.26. The van der Waals surface area contributed by atoms with Crippen LogP contribution >= 0.6 is 11.8 Å². The molecule has 0 saturated heterocycles. The van der Waals surface area contributed by atoms with Crippen LogP contribution in [0.25, 0.3) is 5.69 Å². The van der Waals surface area contributed by atoms with Crippen LogP contribution in [0.15, 0.2) is 88.9 Å². The standard InChI is InChI=1S/C24H23FN4O2S2/c1-18-7-5-6-8-19(18)17-32-24-28-27-23(29(24)21-13-11-20(25)12-14-21)15-16-26-33(30,31)22-9-3-2-4-10-22/h2-14,26H,15-17H2,1H3. The van der Waals surface area contributed by atoms with E-state index in [0.717, 1.165) is 5.69 Å². The fourth-order valence-electron chi connectivity index (χ4n) is 3.30. The lowest BCUT2D eigenvalue weighted by Gasteiger charge is -2.11. The van der Waals surface area contributed by atoms with Crippen molar-refractivity contribution in [3.05, 3.63) is 102 Å². The third kappa shape index (κ3) is 5.68. The van der Waals surface area contributed by atoms with Crippen molar-refractivity contribution < 1.29 is 12.8 Å². The zero-order valence-corrected chi connectivity index (χ0v) is 19.6. The predicted molar refractivity (Wildman–Crippen MR) is 127 cm³/mol. The molecule has 0 atom stereocenters. The highest BCUT2D eigenvalue weighted by atomic mass is 32.2.